The first-order chi connectivity index (χ1) is 18.6. The summed E-state index contributed by atoms with van der Waals surface area (Å²) in [6, 6.07) is 1.89. The van der Waals surface area contributed by atoms with Gasteiger partial charge in [-0.2, -0.15) is 5.10 Å². The number of benzene rings is 1. The highest BCUT2D eigenvalue weighted by Gasteiger charge is 2.29. The first kappa shape index (κ1) is 26.0. The number of primary amides is 2. The Morgan fingerprint density at radius 2 is 1.64 bits per heavy atom. The predicted octanol–water partition coefficient (Wildman–Crippen LogP) is 2.98. The third-order valence-electron chi connectivity index (χ3n) is 6.04. The summed E-state index contributed by atoms with van der Waals surface area (Å²) in [5, 5.41) is 3.77. The van der Waals surface area contributed by atoms with Gasteiger partial charge in [0.05, 0.1) is 17.8 Å². The van der Waals surface area contributed by atoms with Crippen LogP contribution in [0.2, 0.25) is 5.02 Å². The molecule has 1 aromatic carbocycles. The molecule has 0 spiro atoms. The van der Waals surface area contributed by atoms with Gasteiger partial charge in [0.1, 0.15) is 11.4 Å². The van der Waals surface area contributed by atoms with E-state index in [-0.39, 0.29) is 17.8 Å². The topological polar surface area (TPSA) is 159 Å². The lowest BCUT2D eigenvalue weighted by atomic mass is 9.99. The molecule has 1 aliphatic heterocycles. The zero-order chi connectivity index (χ0) is 27.8. The normalized spacial score (nSPS) is 13.0. The summed E-state index contributed by atoms with van der Waals surface area (Å²) in [4.78, 5) is 42.9. The van der Waals surface area contributed by atoms with Crippen molar-refractivity contribution in [2.24, 2.45) is 11.5 Å². The van der Waals surface area contributed by atoms with E-state index in [1.165, 1.54) is 17.1 Å². The highest BCUT2D eigenvalue weighted by Crippen LogP contribution is 2.39. The number of nitrogens with two attached hydrogens (primary N) is 2. The molecule has 0 bridgehead atoms. The zero-order valence-corrected chi connectivity index (χ0v) is 20.7. The van der Waals surface area contributed by atoms with Gasteiger partial charge in [-0.1, -0.05) is 17.7 Å². The summed E-state index contributed by atoms with van der Waals surface area (Å²) in [7, 11) is 0. The number of anilines is 1. The smallest absolute Gasteiger partial charge is 0.269 e. The van der Waals surface area contributed by atoms with Gasteiger partial charge in [0.2, 0.25) is 5.95 Å². The van der Waals surface area contributed by atoms with E-state index in [0.717, 1.165) is 31.6 Å². The Kier molecular flexibility index (Phi) is 6.87. The molecule has 39 heavy (non-hydrogen) atoms. The van der Waals surface area contributed by atoms with Crippen LogP contribution in [0.5, 0.6) is 0 Å². The van der Waals surface area contributed by atoms with Crippen LogP contribution in [0.1, 0.15) is 45.0 Å². The SMILES string of the molecule is NC(=O)c1nc(-c2cnn(Cc3cnc(N4CCC4)nc3)c2)c(-c2c(C(F)F)ccc(Cl)c2F)nc1C(N)=O. The van der Waals surface area contributed by atoms with Gasteiger partial charge in [-0.25, -0.2) is 33.1 Å². The van der Waals surface area contributed by atoms with Crippen molar-refractivity contribution in [1.29, 1.82) is 0 Å². The minimum Gasteiger partial charge on any atom is -0.364 e. The largest absolute Gasteiger partial charge is 0.364 e. The summed E-state index contributed by atoms with van der Waals surface area (Å²) in [5.41, 5.74) is 8.04. The number of rotatable bonds is 8. The number of carbonyl (C=O) groups is 2. The third-order valence-corrected chi connectivity index (χ3v) is 6.34. The van der Waals surface area contributed by atoms with Crippen LogP contribution in [0.3, 0.4) is 0 Å². The molecule has 1 aliphatic rings. The molecular weight excluding hydrogens is 539 g/mol. The van der Waals surface area contributed by atoms with Crippen LogP contribution >= 0.6 is 11.6 Å². The van der Waals surface area contributed by atoms with E-state index in [9.17, 15) is 18.4 Å². The van der Waals surface area contributed by atoms with Crippen molar-refractivity contribution in [3.8, 4) is 22.5 Å². The number of hydrogen-bond donors (Lipinski definition) is 2. The monoisotopic (exact) mass is 557 g/mol. The second kappa shape index (κ2) is 10.3. The van der Waals surface area contributed by atoms with Gasteiger partial charge < -0.3 is 16.4 Å². The maximum absolute atomic E-state index is 15.2. The number of nitrogens with zero attached hydrogens (tertiary/aromatic N) is 7. The lowest BCUT2D eigenvalue weighted by molar-refractivity contribution is 0.0960. The first-order valence-electron chi connectivity index (χ1n) is 11.5. The van der Waals surface area contributed by atoms with Crippen LogP contribution in [0.15, 0.2) is 36.9 Å². The lowest BCUT2D eigenvalue weighted by Crippen LogP contribution is -2.38. The van der Waals surface area contributed by atoms with Crippen molar-refractivity contribution < 1.29 is 22.8 Å². The summed E-state index contributed by atoms with van der Waals surface area (Å²) in [6.45, 7) is 2.01. The van der Waals surface area contributed by atoms with Gasteiger partial charge >= 0.3 is 0 Å². The number of amides is 2. The predicted molar refractivity (Wildman–Crippen MR) is 134 cm³/mol. The van der Waals surface area contributed by atoms with Crippen molar-refractivity contribution in [2.75, 3.05) is 18.0 Å². The zero-order valence-electron chi connectivity index (χ0n) is 20.0. The summed E-state index contributed by atoms with van der Waals surface area (Å²) < 4.78 is 44.5. The Morgan fingerprint density at radius 3 is 2.21 bits per heavy atom. The molecule has 0 aliphatic carbocycles. The van der Waals surface area contributed by atoms with Crippen molar-refractivity contribution >= 4 is 29.4 Å². The summed E-state index contributed by atoms with van der Waals surface area (Å²) in [5.74, 6) is -2.98. The van der Waals surface area contributed by atoms with E-state index >= 15 is 4.39 Å². The van der Waals surface area contributed by atoms with Crippen LogP contribution < -0.4 is 16.4 Å². The van der Waals surface area contributed by atoms with Gasteiger partial charge in [-0.05, 0) is 12.5 Å². The molecule has 1 fully saturated rings. The average Bonchev–Trinajstić information content (AvgIpc) is 3.33. The molecule has 4 heterocycles. The second-order valence-electron chi connectivity index (χ2n) is 8.63. The first-order valence-corrected chi connectivity index (χ1v) is 11.9. The Morgan fingerprint density at radius 1 is 1.00 bits per heavy atom. The molecule has 5 rings (SSSR count). The quantitative estimate of drug-likeness (QED) is 0.334. The van der Waals surface area contributed by atoms with E-state index in [1.54, 1.807) is 12.4 Å². The van der Waals surface area contributed by atoms with Gasteiger partial charge in [0, 0.05) is 53.9 Å². The Hall–Kier alpha value is -4.59. The molecule has 15 heteroatoms. The molecule has 4 N–H and O–H groups in total. The molecular formula is C24H19ClF3N9O2. The molecule has 11 nitrogen and oxygen atoms in total. The van der Waals surface area contributed by atoms with E-state index in [4.69, 9.17) is 23.1 Å². The molecule has 0 saturated carbocycles. The maximum Gasteiger partial charge on any atom is 0.269 e. The van der Waals surface area contributed by atoms with Crippen LogP contribution in [0, 0.1) is 5.82 Å². The van der Waals surface area contributed by atoms with Crippen molar-refractivity contribution in [1.82, 2.24) is 29.7 Å². The van der Waals surface area contributed by atoms with Crippen LogP contribution in [0.25, 0.3) is 22.5 Å². The number of alkyl halides is 2. The van der Waals surface area contributed by atoms with Crippen LogP contribution in [0.4, 0.5) is 19.1 Å². The maximum atomic E-state index is 15.2. The van der Waals surface area contributed by atoms with Crippen LogP contribution in [-0.2, 0) is 6.54 Å². The fourth-order valence-electron chi connectivity index (χ4n) is 4.01. The molecule has 0 radical (unpaired) electrons. The molecule has 0 atom stereocenters. The summed E-state index contributed by atoms with van der Waals surface area (Å²) in [6.07, 6.45) is 4.02. The number of hydrogen-bond acceptors (Lipinski definition) is 8. The lowest BCUT2D eigenvalue weighted by Gasteiger charge is -2.30. The average molecular weight is 558 g/mol. The molecule has 200 valence electrons. The molecule has 3 aromatic heterocycles. The Bertz CT molecular complexity index is 1590. The fraction of sp³-hybridized carbons (Fsp3) is 0.208. The number of halogens is 4. The van der Waals surface area contributed by atoms with Crippen molar-refractivity contribution in [2.45, 2.75) is 19.4 Å². The van der Waals surface area contributed by atoms with E-state index in [2.05, 4.69) is 25.0 Å². The molecule has 1 saturated heterocycles. The van der Waals surface area contributed by atoms with Gasteiger partial charge in [-0.3, -0.25) is 14.3 Å². The van der Waals surface area contributed by atoms with Crippen LogP contribution in [-0.4, -0.2) is 54.6 Å². The third kappa shape index (κ3) is 4.97. The van der Waals surface area contributed by atoms with Gasteiger partial charge in [0.25, 0.3) is 18.2 Å². The summed E-state index contributed by atoms with van der Waals surface area (Å²) >= 11 is 5.90. The number of aromatic nitrogens is 6. The Labute approximate surface area is 223 Å². The van der Waals surface area contributed by atoms with E-state index in [0.29, 0.717) is 11.5 Å². The van der Waals surface area contributed by atoms with Gasteiger partial charge in [-0.15, -0.1) is 0 Å². The molecule has 0 unspecified atom stereocenters. The minimum absolute atomic E-state index is 0.161. The highest BCUT2D eigenvalue weighted by molar-refractivity contribution is 6.31. The second-order valence-corrected chi connectivity index (χ2v) is 9.04. The fourth-order valence-corrected chi connectivity index (χ4v) is 4.17. The highest BCUT2D eigenvalue weighted by atomic mass is 35.5. The van der Waals surface area contributed by atoms with E-state index < -0.39 is 57.3 Å². The van der Waals surface area contributed by atoms with E-state index in [1.807, 2.05) is 4.90 Å². The van der Waals surface area contributed by atoms with Crippen molar-refractivity contribution in [3.05, 3.63) is 70.3 Å². The van der Waals surface area contributed by atoms with Gasteiger partial charge in [0.15, 0.2) is 17.2 Å². The molecule has 4 aromatic rings. The standard InChI is InChI=1S/C24H19ClF3N9O2/c25-14-3-2-13(21(27)28)15(16(14)26)18-17(34-19(22(29)38)20(35-18)23(30)39)12-8-33-37(10-12)9-11-6-31-24(32-7-11)36-4-1-5-36/h2-3,6-8,10,21H,1,4-5,9H2,(H2,29,38)(H2,30,39). The van der Waals surface area contributed by atoms with Crippen molar-refractivity contribution in [3.63, 3.8) is 0 Å². The number of carbonyl (C=O) groups excluding carboxylic acids is 2. The minimum atomic E-state index is -3.14. The Balaban J connectivity index is 1.62. The molecule has 2 amide bonds.